The molecular formula is C22H26N4O3. The highest BCUT2D eigenvalue weighted by molar-refractivity contribution is 5.77. The Morgan fingerprint density at radius 3 is 2.79 bits per heavy atom. The fraction of sp³-hybridized carbons (Fsp3) is 0.545. The number of carbonyl (C=O) groups excluding carboxylic acids is 1. The number of amides is 1. The van der Waals surface area contributed by atoms with Crippen LogP contribution in [0.4, 0.5) is 0 Å². The third-order valence-electron chi connectivity index (χ3n) is 7.20. The zero-order valence-electron chi connectivity index (χ0n) is 16.7. The molecule has 4 saturated heterocycles. The van der Waals surface area contributed by atoms with Crippen molar-refractivity contribution in [2.75, 3.05) is 26.4 Å². The van der Waals surface area contributed by atoms with Crippen LogP contribution >= 0.6 is 0 Å². The molecule has 152 valence electrons. The number of aromatic nitrogens is 2. The highest BCUT2D eigenvalue weighted by Gasteiger charge is 2.54. The van der Waals surface area contributed by atoms with Crippen LogP contribution in [0.5, 0.6) is 11.5 Å². The van der Waals surface area contributed by atoms with Crippen molar-refractivity contribution in [2.45, 2.75) is 44.3 Å². The average Bonchev–Trinajstić information content (AvgIpc) is 3.46. The summed E-state index contributed by atoms with van der Waals surface area (Å²) >= 11 is 0. The third kappa shape index (κ3) is 2.74. The van der Waals surface area contributed by atoms with Crippen molar-refractivity contribution in [3.8, 4) is 11.5 Å². The Morgan fingerprint density at radius 1 is 1.17 bits per heavy atom. The SMILES string of the molecule is Cc1cnn(CC(=O)N2C[C@H](c3ccc4c(c3)OCO4)[C@H]3[C@@H]2C2CCN3CC2)c1. The molecule has 5 aliphatic rings. The Morgan fingerprint density at radius 2 is 2.00 bits per heavy atom. The lowest BCUT2D eigenvalue weighted by molar-refractivity contribution is -0.136. The smallest absolute Gasteiger partial charge is 0.244 e. The van der Waals surface area contributed by atoms with Gasteiger partial charge in [0.05, 0.1) is 12.2 Å². The molecule has 2 bridgehead atoms. The van der Waals surface area contributed by atoms with E-state index in [2.05, 4.69) is 27.0 Å². The third-order valence-corrected chi connectivity index (χ3v) is 7.20. The van der Waals surface area contributed by atoms with Crippen LogP contribution < -0.4 is 9.47 Å². The Balaban J connectivity index is 1.32. The van der Waals surface area contributed by atoms with Gasteiger partial charge in [-0.05, 0) is 62.0 Å². The van der Waals surface area contributed by atoms with Gasteiger partial charge in [0.1, 0.15) is 6.54 Å². The Bertz CT molecular complexity index is 949. The van der Waals surface area contributed by atoms with Crippen molar-refractivity contribution in [3.05, 3.63) is 41.7 Å². The first kappa shape index (κ1) is 17.3. The normalized spacial score (nSPS) is 31.9. The fourth-order valence-corrected chi connectivity index (χ4v) is 5.92. The molecule has 0 N–H and O–H groups in total. The van der Waals surface area contributed by atoms with Crippen LogP contribution in [0.3, 0.4) is 0 Å². The van der Waals surface area contributed by atoms with Gasteiger partial charge in [0.15, 0.2) is 11.5 Å². The van der Waals surface area contributed by atoms with Gasteiger partial charge in [-0.3, -0.25) is 14.4 Å². The zero-order valence-corrected chi connectivity index (χ0v) is 16.7. The molecule has 5 aliphatic heterocycles. The molecule has 1 aromatic heterocycles. The molecule has 29 heavy (non-hydrogen) atoms. The lowest BCUT2D eigenvalue weighted by atomic mass is 9.75. The number of piperidine rings is 3. The summed E-state index contributed by atoms with van der Waals surface area (Å²) in [6.45, 7) is 5.67. The van der Waals surface area contributed by atoms with Crippen LogP contribution in [0, 0.1) is 12.8 Å². The number of ether oxygens (including phenoxy) is 2. The molecule has 0 unspecified atom stereocenters. The number of aryl methyl sites for hydroxylation is 1. The number of benzene rings is 1. The number of carbonyl (C=O) groups is 1. The van der Waals surface area contributed by atoms with Crippen molar-refractivity contribution < 1.29 is 14.3 Å². The van der Waals surface area contributed by atoms with Gasteiger partial charge >= 0.3 is 0 Å². The van der Waals surface area contributed by atoms with Gasteiger partial charge in [0, 0.05) is 24.7 Å². The highest BCUT2D eigenvalue weighted by Crippen LogP contribution is 2.47. The van der Waals surface area contributed by atoms with Crippen molar-refractivity contribution in [3.63, 3.8) is 0 Å². The number of hydrogen-bond donors (Lipinski definition) is 0. The van der Waals surface area contributed by atoms with Crippen molar-refractivity contribution in [1.82, 2.24) is 19.6 Å². The Kier molecular flexibility index (Phi) is 3.88. The second-order valence-electron chi connectivity index (χ2n) is 8.84. The molecule has 0 spiro atoms. The van der Waals surface area contributed by atoms with Crippen LogP contribution in [-0.4, -0.2) is 64.0 Å². The summed E-state index contributed by atoms with van der Waals surface area (Å²) in [5.74, 6) is 2.73. The number of nitrogens with zero attached hydrogens (tertiary/aromatic N) is 4. The van der Waals surface area contributed by atoms with Gasteiger partial charge in [0.2, 0.25) is 12.7 Å². The molecule has 7 rings (SSSR count). The van der Waals surface area contributed by atoms with E-state index < -0.39 is 0 Å². The maximum atomic E-state index is 13.3. The maximum Gasteiger partial charge on any atom is 0.244 e. The molecule has 7 heteroatoms. The minimum atomic E-state index is 0.181. The van der Waals surface area contributed by atoms with Crippen molar-refractivity contribution in [1.29, 1.82) is 0 Å². The van der Waals surface area contributed by atoms with E-state index in [9.17, 15) is 4.79 Å². The van der Waals surface area contributed by atoms with Crippen LogP contribution in [0.2, 0.25) is 0 Å². The van der Waals surface area contributed by atoms with E-state index in [1.807, 2.05) is 25.4 Å². The fourth-order valence-electron chi connectivity index (χ4n) is 5.92. The largest absolute Gasteiger partial charge is 0.454 e. The van der Waals surface area contributed by atoms with Crippen LogP contribution in [0.25, 0.3) is 0 Å². The van der Waals surface area contributed by atoms with E-state index >= 15 is 0 Å². The molecule has 0 saturated carbocycles. The summed E-state index contributed by atoms with van der Waals surface area (Å²) < 4.78 is 12.9. The molecule has 3 atom stereocenters. The first-order valence-corrected chi connectivity index (χ1v) is 10.6. The topological polar surface area (TPSA) is 59.8 Å². The Labute approximate surface area is 170 Å². The summed E-state index contributed by atoms with van der Waals surface area (Å²) in [5, 5.41) is 4.32. The van der Waals surface area contributed by atoms with Gasteiger partial charge in [-0.1, -0.05) is 6.07 Å². The second-order valence-corrected chi connectivity index (χ2v) is 8.84. The molecule has 7 nitrogen and oxygen atoms in total. The minimum Gasteiger partial charge on any atom is -0.454 e. The van der Waals surface area contributed by atoms with Crippen LogP contribution in [-0.2, 0) is 11.3 Å². The van der Waals surface area contributed by atoms with Gasteiger partial charge in [0.25, 0.3) is 0 Å². The van der Waals surface area contributed by atoms with Crippen molar-refractivity contribution >= 4 is 5.91 Å². The van der Waals surface area contributed by atoms with Gasteiger partial charge in [-0.25, -0.2) is 0 Å². The summed E-state index contributed by atoms with van der Waals surface area (Å²) in [7, 11) is 0. The molecule has 1 aromatic carbocycles. The average molecular weight is 394 g/mol. The van der Waals surface area contributed by atoms with E-state index in [0.29, 0.717) is 30.5 Å². The van der Waals surface area contributed by atoms with Crippen LogP contribution in [0.15, 0.2) is 30.6 Å². The molecule has 6 heterocycles. The highest BCUT2D eigenvalue weighted by atomic mass is 16.7. The predicted molar refractivity (Wildman–Crippen MR) is 106 cm³/mol. The van der Waals surface area contributed by atoms with Gasteiger partial charge < -0.3 is 14.4 Å². The van der Waals surface area contributed by atoms with Gasteiger partial charge in [-0.15, -0.1) is 0 Å². The lowest BCUT2D eigenvalue weighted by Crippen LogP contribution is -2.61. The number of likely N-dealkylation sites (tertiary alicyclic amines) is 1. The standard InChI is InChI=1S/C22H26N4O3/c1-14-9-23-25(10-14)12-20(27)26-11-17(16-2-3-18-19(8-16)29-13-28-18)22-21(26)15-4-6-24(22)7-5-15/h2-3,8-10,15,17,21-22H,4-7,11-13H2,1H3/t17-,21+,22+/m1/s1. The predicted octanol–water partition coefficient (Wildman–Crippen LogP) is 2.01. The molecule has 1 amide bonds. The van der Waals surface area contributed by atoms with E-state index in [0.717, 1.165) is 36.7 Å². The van der Waals surface area contributed by atoms with Crippen LogP contribution in [0.1, 0.15) is 29.9 Å². The van der Waals surface area contributed by atoms with E-state index in [4.69, 9.17) is 9.47 Å². The molecule has 4 fully saturated rings. The van der Waals surface area contributed by atoms with Crippen molar-refractivity contribution in [2.24, 2.45) is 5.92 Å². The monoisotopic (exact) mass is 394 g/mol. The maximum absolute atomic E-state index is 13.3. The van der Waals surface area contributed by atoms with Gasteiger partial charge in [-0.2, -0.15) is 5.10 Å². The summed E-state index contributed by atoms with van der Waals surface area (Å²) in [5.41, 5.74) is 2.33. The summed E-state index contributed by atoms with van der Waals surface area (Å²) in [4.78, 5) is 18.1. The number of hydrogen-bond acceptors (Lipinski definition) is 5. The first-order chi connectivity index (χ1) is 14.2. The first-order valence-electron chi connectivity index (χ1n) is 10.6. The summed E-state index contributed by atoms with van der Waals surface area (Å²) in [6, 6.07) is 6.99. The second kappa shape index (κ2) is 6.49. The summed E-state index contributed by atoms with van der Waals surface area (Å²) in [6.07, 6.45) is 6.14. The molecule has 0 radical (unpaired) electrons. The van der Waals surface area contributed by atoms with E-state index in [-0.39, 0.29) is 12.7 Å². The zero-order chi connectivity index (χ0) is 19.5. The number of fused-ring (bicyclic) bond motifs is 3. The number of rotatable bonds is 3. The lowest BCUT2D eigenvalue weighted by Gasteiger charge is -2.51. The van der Waals surface area contributed by atoms with E-state index in [1.165, 1.54) is 18.4 Å². The molecular weight excluding hydrogens is 368 g/mol. The Hall–Kier alpha value is -2.54. The molecule has 2 aromatic rings. The molecule has 0 aliphatic carbocycles. The quantitative estimate of drug-likeness (QED) is 0.797. The van der Waals surface area contributed by atoms with E-state index in [1.54, 1.807) is 4.68 Å². The minimum absolute atomic E-state index is 0.181.